The highest BCUT2D eigenvalue weighted by molar-refractivity contribution is 7.99. The number of amides is 1. The number of carbonyl (C=O) groups excluding carboxylic acids is 1. The molecule has 0 bridgehead atoms. The van der Waals surface area contributed by atoms with Gasteiger partial charge in [0, 0.05) is 7.05 Å². The molecule has 2 aromatic rings. The van der Waals surface area contributed by atoms with E-state index < -0.39 is 11.5 Å². The molecule has 0 spiro atoms. The van der Waals surface area contributed by atoms with Crippen LogP contribution in [0.5, 0.6) is 0 Å². The van der Waals surface area contributed by atoms with Gasteiger partial charge in [0.05, 0.1) is 5.75 Å². The van der Waals surface area contributed by atoms with Crippen LogP contribution in [0.4, 0.5) is 0 Å². The zero-order valence-corrected chi connectivity index (χ0v) is 12.8. The molecule has 0 radical (unpaired) electrons. The third kappa shape index (κ3) is 3.18. The lowest BCUT2D eigenvalue weighted by Crippen LogP contribution is -2.51. The largest absolute Gasteiger partial charge is 0.480 e. The minimum atomic E-state index is -1.25. The molecule has 1 aromatic heterocycles. The second-order valence-electron chi connectivity index (χ2n) is 5.05. The number of hydrogen-bond acceptors (Lipinski definition) is 5. The summed E-state index contributed by atoms with van der Waals surface area (Å²) in [6.45, 7) is 2.97. The number of hydrogen-bond donors (Lipinski definition) is 1. The second kappa shape index (κ2) is 5.77. The van der Waals surface area contributed by atoms with E-state index in [1.807, 2.05) is 18.2 Å². The number of benzene rings is 1. The van der Waals surface area contributed by atoms with Crippen molar-refractivity contribution in [3.63, 3.8) is 0 Å². The molecule has 0 aliphatic carbocycles. The van der Waals surface area contributed by atoms with Gasteiger partial charge in [-0.25, -0.2) is 9.78 Å². The topological polar surface area (TPSA) is 83.6 Å². The van der Waals surface area contributed by atoms with Gasteiger partial charge in [-0.1, -0.05) is 23.9 Å². The Bertz CT molecular complexity index is 647. The Hall–Kier alpha value is -2.02. The summed E-state index contributed by atoms with van der Waals surface area (Å²) in [7, 11) is 1.48. The van der Waals surface area contributed by atoms with Crippen LogP contribution in [-0.2, 0) is 9.59 Å². The van der Waals surface area contributed by atoms with Crippen molar-refractivity contribution in [1.82, 2.24) is 9.88 Å². The van der Waals surface area contributed by atoms with Crippen LogP contribution in [0.3, 0.4) is 0 Å². The van der Waals surface area contributed by atoms with Crippen LogP contribution in [0.25, 0.3) is 11.1 Å². The smallest absolute Gasteiger partial charge is 0.329 e. The first-order chi connectivity index (χ1) is 9.82. The van der Waals surface area contributed by atoms with Crippen LogP contribution in [0, 0.1) is 0 Å². The zero-order valence-electron chi connectivity index (χ0n) is 12.0. The van der Waals surface area contributed by atoms with Crippen molar-refractivity contribution in [2.24, 2.45) is 0 Å². The Morgan fingerprint density at radius 2 is 2.05 bits per heavy atom. The predicted molar refractivity (Wildman–Crippen MR) is 79.2 cm³/mol. The quantitative estimate of drug-likeness (QED) is 0.853. The molecule has 0 fully saturated rings. The summed E-state index contributed by atoms with van der Waals surface area (Å²) < 4.78 is 5.50. The molecule has 0 saturated carbocycles. The van der Waals surface area contributed by atoms with E-state index in [1.165, 1.54) is 25.8 Å². The summed E-state index contributed by atoms with van der Waals surface area (Å²) in [4.78, 5) is 28.6. The molecular weight excluding hydrogens is 292 g/mol. The molecule has 1 heterocycles. The van der Waals surface area contributed by atoms with Crippen LogP contribution >= 0.6 is 11.8 Å². The summed E-state index contributed by atoms with van der Waals surface area (Å²) in [5, 5.41) is 9.50. The highest BCUT2D eigenvalue weighted by atomic mass is 32.2. The number of carboxylic acid groups (broad SMARTS) is 1. The fraction of sp³-hybridized carbons (Fsp3) is 0.357. The molecular formula is C14H16N2O4S. The second-order valence-corrected chi connectivity index (χ2v) is 5.98. The highest BCUT2D eigenvalue weighted by Gasteiger charge is 2.35. The summed E-state index contributed by atoms with van der Waals surface area (Å²) in [5.41, 5.74) is 0.136. The van der Waals surface area contributed by atoms with Crippen molar-refractivity contribution in [3.8, 4) is 0 Å². The number of likely N-dealkylation sites (N-methyl/N-ethyl adjacent to an activating group) is 1. The van der Waals surface area contributed by atoms with Crippen LogP contribution in [-0.4, -0.2) is 45.2 Å². The molecule has 0 atom stereocenters. The van der Waals surface area contributed by atoms with Crippen LogP contribution in [0.2, 0.25) is 0 Å². The van der Waals surface area contributed by atoms with Gasteiger partial charge in [0.15, 0.2) is 5.58 Å². The fourth-order valence-corrected chi connectivity index (χ4v) is 2.34. The van der Waals surface area contributed by atoms with Crippen molar-refractivity contribution in [2.45, 2.75) is 24.6 Å². The van der Waals surface area contributed by atoms with Gasteiger partial charge in [-0.05, 0) is 26.0 Å². The molecule has 0 aliphatic heterocycles. The first-order valence-corrected chi connectivity index (χ1v) is 7.29. The third-order valence-corrected chi connectivity index (χ3v) is 4.14. The molecule has 0 aliphatic rings. The average molecular weight is 308 g/mol. The molecule has 1 aromatic carbocycles. The highest BCUT2D eigenvalue weighted by Crippen LogP contribution is 2.24. The number of thioether (sulfide) groups is 1. The van der Waals surface area contributed by atoms with E-state index >= 15 is 0 Å². The molecule has 1 N–H and O–H groups in total. The molecule has 7 heteroatoms. The SMILES string of the molecule is CN(C(=O)CSc1nc2ccccc2o1)C(C)(C)C(=O)O. The molecule has 2 rings (SSSR count). The van der Waals surface area contributed by atoms with E-state index in [4.69, 9.17) is 9.52 Å². The van der Waals surface area contributed by atoms with Crippen molar-refractivity contribution in [1.29, 1.82) is 0 Å². The number of fused-ring (bicyclic) bond motifs is 1. The molecule has 21 heavy (non-hydrogen) atoms. The average Bonchev–Trinajstić information content (AvgIpc) is 2.86. The van der Waals surface area contributed by atoms with Gasteiger partial charge >= 0.3 is 5.97 Å². The number of carboxylic acids is 1. The van der Waals surface area contributed by atoms with Gasteiger partial charge in [-0.2, -0.15) is 0 Å². The number of aromatic nitrogens is 1. The molecule has 112 valence electrons. The van der Waals surface area contributed by atoms with E-state index in [0.29, 0.717) is 10.8 Å². The van der Waals surface area contributed by atoms with Gasteiger partial charge in [0.1, 0.15) is 11.1 Å². The Balaban J connectivity index is 2.02. The van der Waals surface area contributed by atoms with E-state index in [1.54, 1.807) is 6.07 Å². The van der Waals surface area contributed by atoms with E-state index in [0.717, 1.165) is 17.3 Å². The lowest BCUT2D eigenvalue weighted by atomic mass is 10.0. The van der Waals surface area contributed by atoms with Crippen molar-refractivity contribution < 1.29 is 19.1 Å². The zero-order chi connectivity index (χ0) is 15.6. The molecule has 0 saturated heterocycles. The number of nitrogens with zero attached hydrogens (tertiary/aromatic N) is 2. The first kappa shape index (κ1) is 15.4. The van der Waals surface area contributed by atoms with E-state index in [-0.39, 0.29) is 11.7 Å². The Morgan fingerprint density at radius 1 is 1.38 bits per heavy atom. The van der Waals surface area contributed by atoms with Crippen LogP contribution in [0.1, 0.15) is 13.8 Å². The van der Waals surface area contributed by atoms with Crippen LogP contribution in [0.15, 0.2) is 33.9 Å². The van der Waals surface area contributed by atoms with E-state index in [2.05, 4.69) is 4.98 Å². The lowest BCUT2D eigenvalue weighted by Gasteiger charge is -2.31. The van der Waals surface area contributed by atoms with Gasteiger partial charge in [-0.3, -0.25) is 4.79 Å². The van der Waals surface area contributed by atoms with E-state index in [9.17, 15) is 9.59 Å². The maximum Gasteiger partial charge on any atom is 0.329 e. The number of para-hydroxylation sites is 2. The molecule has 1 amide bonds. The maximum absolute atomic E-state index is 12.1. The Kier molecular flexibility index (Phi) is 4.22. The molecule has 0 unspecified atom stereocenters. The summed E-state index contributed by atoms with van der Waals surface area (Å²) in [6.07, 6.45) is 0. The summed E-state index contributed by atoms with van der Waals surface area (Å²) in [6, 6.07) is 7.32. The first-order valence-electron chi connectivity index (χ1n) is 6.31. The number of carbonyl (C=O) groups is 2. The lowest BCUT2D eigenvalue weighted by molar-refractivity contribution is -0.154. The maximum atomic E-state index is 12.1. The van der Waals surface area contributed by atoms with Crippen molar-refractivity contribution in [2.75, 3.05) is 12.8 Å². The van der Waals surface area contributed by atoms with Gasteiger partial charge in [0.25, 0.3) is 5.22 Å². The van der Waals surface area contributed by atoms with Crippen molar-refractivity contribution in [3.05, 3.63) is 24.3 Å². The van der Waals surface area contributed by atoms with Crippen LogP contribution < -0.4 is 0 Å². The standard InChI is InChI=1S/C14H16N2O4S/c1-14(2,12(18)19)16(3)11(17)8-21-13-15-9-6-4-5-7-10(9)20-13/h4-7H,8H2,1-3H3,(H,18,19). The number of aliphatic carboxylic acids is 1. The van der Waals surface area contributed by atoms with Gasteiger partial charge < -0.3 is 14.4 Å². The summed E-state index contributed by atoms with van der Waals surface area (Å²) >= 11 is 1.15. The Morgan fingerprint density at radius 3 is 2.67 bits per heavy atom. The third-order valence-electron chi connectivity index (χ3n) is 3.33. The minimum absolute atomic E-state index is 0.0695. The monoisotopic (exact) mass is 308 g/mol. The predicted octanol–water partition coefficient (Wildman–Crippen LogP) is 2.24. The normalized spacial score (nSPS) is 11.6. The number of rotatable bonds is 5. The van der Waals surface area contributed by atoms with Gasteiger partial charge in [-0.15, -0.1) is 0 Å². The minimum Gasteiger partial charge on any atom is -0.480 e. The number of oxazole rings is 1. The van der Waals surface area contributed by atoms with Crippen molar-refractivity contribution >= 4 is 34.7 Å². The fourth-order valence-electron chi connectivity index (χ4n) is 1.59. The molecule has 6 nitrogen and oxygen atoms in total. The Labute approximate surface area is 126 Å². The summed E-state index contributed by atoms with van der Waals surface area (Å²) in [5.74, 6) is -1.28. The van der Waals surface area contributed by atoms with Gasteiger partial charge in [0.2, 0.25) is 5.91 Å².